The molecular formula is C14H17FN2O2S. The summed E-state index contributed by atoms with van der Waals surface area (Å²) in [6, 6.07) is 3.93. The quantitative estimate of drug-likeness (QED) is 0.819. The van der Waals surface area contributed by atoms with Gasteiger partial charge < -0.3 is 15.8 Å². The zero-order valence-electron chi connectivity index (χ0n) is 11.2. The molecule has 1 aromatic rings. The van der Waals surface area contributed by atoms with Crippen molar-refractivity contribution in [1.82, 2.24) is 0 Å². The number of ether oxygens (including phenoxy) is 1. The molecule has 1 aliphatic carbocycles. The van der Waals surface area contributed by atoms with Crippen LogP contribution in [0.25, 0.3) is 0 Å². The fourth-order valence-corrected chi connectivity index (χ4v) is 2.51. The number of halogens is 1. The van der Waals surface area contributed by atoms with E-state index >= 15 is 0 Å². The third-order valence-corrected chi connectivity index (χ3v) is 3.92. The van der Waals surface area contributed by atoms with Gasteiger partial charge in [-0.1, -0.05) is 12.2 Å². The van der Waals surface area contributed by atoms with E-state index < -0.39 is 5.82 Å². The van der Waals surface area contributed by atoms with Gasteiger partial charge in [0.25, 0.3) is 0 Å². The molecule has 2 rings (SSSR count). The molecule has 1 fully saturated rings. The molecule has 6 heteroatoms. The van der Waals surface area contributed by atoms with E-state index in [9.17, 15) is 9.18 Å². The molecule has 0 bridgehead atoms. The van der Waals surface area contributed by atoms with E-state index in [1.54, 1.807) is 7.11 Å². The van der Waals surface area contributed by atoms with Crippen LogP contribution in [0, 0.1) is 5.82 Å². The lowest BCUT2D eigenvalue weighted by atomic mass is 9.77. The molecule has 0 atom stereocenters. The fraction of sp³-hybridized carbons (Fsp3) is 0.429. The van der Waals surface area contributed by atoms with E-state index in [1.165, 1.54) is 18.2 Å². The molecule has 0 saturated heterocycles. The number of nitrogens with two attached hydrogens (primary N) is 1. The second kappa shape index (κ2) is 5.85. The van der Waals surface area contributed by atoms with Gasteiger partial charge in [0.15, 0.2) is 0 Å². The predicted octanol–water partition coefficient (Wildman–Crippen LogP) is 2.36. The lowest BCUT2D eigenvalue weighted by Crippen LogP contribution is -2.42. The highest BCUT2D eigenvalue weighted by atomic mass is 32.1. The standard InChI is InChI=1S/C14H17FN2O2S/c1-19-14(5-2-6-14)8-12(18)17-11-4-3-9(15)7-10(11)13(16)20/h3-4,7H,2,5-6,8H2,1H3,(H2,16,20)(H,17,18). The van der Waals surface area contributed by atoms with Crippen molar-refractivity contribution in [2.45, 2.75) is 31.3 Å². The number of hydrogen-bond donors (Lipinski definition) is 2. The molecule has 1 saturated carbocycles. The minimum absolute atomic E-state index is 0.0462. The Morgan fingerprint density at radius 2 is 2.25 bits per heavy atom. The van der Waals surface area contributed by atoms with E-state index in [2.05, 4.69) is 5.32 Å². The van der Waals surface area contributed by atoms with Gasteiger partial charge in [0.1, 0.15) is 10.8 Å². The summed E-state index contributed by atoms with van der Waals surface area (Å²) in [5, 5.41) is 2.72. The van der Waals surface area contributed by atoms with Gasteiger partial charge in [0, 0.05) is 12.7 Å². The minimum Gasteiger partial charge on any atom is -0.389 e. The topological polar surface area (TPSA) is 64.3 Å². The second-order valence-corrected chi connectivity index (χ2v) is 5.46. The number of carbonyl (C=O) groups excluding carboxylic acids is 1. The highest BCUT2D eigenvalue weighted by molar-refractivity contribution is 7.80. The maximum absolute atomic E-state index is 13.2. The molecule has 1 aromatic carbocycles. The number of amides is 1. The molecule has 0 heterocycles. The number of carbonyl (C=O) groups is 1. The normalized spacial score (nSPS) is 16.3. The zero-order chi connectivity index (χ0) is 14.8. The molecule has 20 heavy (non-hydrogen) atoms. The van der Waals surface area contributed by atoms with Crippen molar-refractivity contribution in [1.29, 1.82) is 0 Å². The first-order chi connectivity index (χ1) is 9.46. The summed E-state index contributed by atoms with van der Waals surface area (Å²) in [4.78, 5) is 12.1. The molecule has 0 radical (unpaired) electrons. The third-order valence-electron chi connectivity index (χ3n) is 3.70. The van der Waals surface area contributed by atoms with Crippen molar-refractivity contribution in [3.8, 4) is 0 Å². The Morgan fingerprint density at radius 3 is 2.75 bits per heavy atom. The fourth-order valence-electron chi connectivity index (χ4n) is 2.34. The Morgan fingerprint density at radius 1 is 1.55 bits per heavy atom. The van der Waals surface area contributed by atoms with Gasteiger partial charge in [-0.15, -0.1) is 0 Å². The molecule has 1 aliphatic rings. The van der Waals surface area contributed by atoms with Gasteiger partial charge in [0.2, 0.25) is 5.91 Å². The van der Waals surface area contributed by atoms with Gasteiger partial charge in [-0.3, -0.25) is 4.79 Å². The average molecular weight is 296 g/mol. The van der Waals surface area contributed by atoms with Crippen molar-refractivity contribution in [3.05, 3.63) is 29.6 Å². The van der Waals surface area contributed by atoms with E-state index in [0.29, 0.717) is 11.3 Å². The van der Waals surface area contributed by atoms with Crippen molar-refractivity contribution < 1.29 is 13.9 Å². The van der Waals surface area contributed by atoms with Crippen LogP contribution in [-0.2, 0) is 9.53 Å². The summed E-state index contributed by atoms with van der Waals surface area (Å²) in [5.74, 6) is -0.631. The highest BCUT2D eigenvalue weighted by Crippen LogP contribution is 2.38. The summed E-state index contributed by atoms with van der Waals surface area (Å²) in [7, 11) is 1.62. The van der Waals surface area contributed by atoms with Crippen LogP contribution in [-0.4, -0.2) is 23.6 Å². The predicted molar refractivity (Wildman–Crippen MR) is 79.1 cm³/mol. The smallest absolute Gasteiger partial charge is 0.227 e. The largest absolute Gasteiger partial charge is 0.389 e. The number of hydrogen-bond acceptors (Lipinski definition) is 3. The number of benzene rings is 1. The number of thiocarbonyl (C=S) groups is 1. The molecule has 1 amide bonds. The molecule has 108 valence electrons. The lowest BCUT2D eigenvalue weighted by molar-refractivity contribution is -0.129. The van der Waals surface area contributed by atoms with Crippen LogP contribution in [0.1, 0.15) is 31.2 Å². The zero-order valence-corrected chi connectivity index (χ0v) is 12.1. The first kappa shape index (κ1) is 14.9. The molecular weight excluding hydrogens is 279 g/mol. The van der Waals surface area contributed by atoms with Gasteiger partial charge in [-0.05, 0) is 37.5 Å². The van der Waals surface area contributed by atoms with Crippen LogP contribution in [0.5, 0.6) is 0 Å². The van der Waals surface area contributed by atoms with E-state index in [0.717, 1.165) is 19.3 Å². The highest BCUT2D eigenvalue weighted by Gasteiger charge is 2.39. The summed E-state index contributed by atoms with van der Waals surface area (Å²) in [6.45, 7) is 0. The second-order valence-electron chi connectivity index (χ2n) is 5.02. The SMILES string of the molecule is COC1(CC(=O)Nc2ccc(F)cc2C(N)=S)CCC1. The van der Waals surface area contributed by atoms with Crippen LogP contribution in [0.15, 0.2) is 18.2 Å². The van der Waals surface area contributed by atoms with Crippen LogP contribution < -0.4 is 11.1 Å². The molecule has 0 spiro atoms. The molecule has 3 N–H and O–H groups in total. The van der Waals surface area contributed by atoms with Gasteiger partial charge in [0.05, 0.1) is 17.7 Å². The third kappa shape index (κ3) is 3.13. The summed E-state index contributed by atoms with van der Waals surface area (Å²) in [6.07, 6.45) is 3.10. The minimum atomic E-state index is -0.446. The first-order valence-corrected chi connectivity index (χ1v) is 6.81. The number of rotatable bonds is 5. The van der Waals surface area contributed by atoms with Crippen LogP contribution >= 0.6 is 12.2 Å². The van der Waals surface area contributed by atoms with E-state index in [4.69, 9.17) is 22.7 Å². The number of methoxy groups -OCH3 is 1. The lowest BCUT2D eigenvalue weighted by Gasteiger charge is -2.39. The number of nitrogens with one attached hydrogen (secondary N) is 1. The Labute approximate surface area is 122 Å². The van der Waals surface area contributed by atoms with Crippen LogP contribution in [0.4, 0.5) is 10.1 Å². The Hall–Kier alpha value is -1.53. The van der Waals surface area contributed by atoms with E-state index in [1.807, 2.05) is 0 Å². The van der Waals surface area contributed by atoms with Gasteiger partial charge in [-0.25, -0.2) is 4.39 Å². The Kier molecular flexibility index (Phi) is 4.35. The molecule has 0 aliphatic heterocycles. The molecule has 4 nitrogen and oxygen atoms in total. The van der Waals surface area contributed by atoms with Crippen molar-refractivity contribution in [2.75, 3.05) is 12.4 Å². The molecule has 0 aromatic heterocycles. The maximum atomic E-state index is 13.2. The van der Waals surface area contributed by atoms with Crippen molar-refractivity contribution in [2.24, 2.45) is 5.73 Å². The Bertz CT molecular complexity index is 538. The van der Waals surface area contributed by atoms with Crippen molar-refractivity contribution in [3.63, 3.8) is 0 Å². The van der Waals surface area contributed by atoms with Crippen molar-refractivity contribution >= 4 is 28.8 Å². The monoisotopic (exact) mass is 296 g/mol. The maximum Gasteiger partial charge on any atom is 0.227 e. The summed E-state index contributed by atoms with van der Waals surface area (Å²) in [5.41, 5.74) is 5.94. The van der Waals surface area contributed by atoms with Gasteiger partial charge >= 0.3 is 0 Å². The summed E-state index contributed by atoms with van der Waals surface area (Å²) >= 11 is 4.86. The summed E-state index contributed by atoms with van der Waals surface area (Å²) < 4.78 is 18.6. The van der Waals surface area contributed by atoms with Crippen LogP contribution in [0.2, 0.25) is 0 Å². The van der Waals surface area contributed by atoms with Crippen LogP contribution in [0.3, 0.4) is 0 Å². The Balaban J connectivity index is 2.10. The molecule has 0 unspecified atom stereocenters. The number of anilines is 1. The van der Waals surface area contributed by atoms with Gasteiger partial charge in [-0.2, -0.15) is 0 Å². The average Bonchev–Trinajstić information content (AvgIpc) is 2.36. The first-order valence-electron chi connectivity index (χ1n) is 6.40. The van der Waals surface area contributed by atoms with E-state index in [-0.39, 0.29) is 22.9 Å².